The zero-order chi connectivity index (χ0) is 50.0. The molecule has 0 saturated carbocycles. The van der Waals surface area contributed by atoms with Crippen molar-refractivity contribution in [1.29, 1.82) is 0 Å². The summed E-state index contributed by atoms with van der Waals surface area (Å²) in [5.74, 6) is -0.935. The second kappa shape index (κ2) is 56.9. The van der Waals surface area contributed by atoms with Crippen LogP contribution in [-0.4, -0.2) is 37.2 Å². The van der Waals surface area contributed by atoms with Crippen molar-refractivity contribution in [2.24, 2.45) is 0 Å². The number of hydrogen-bond donors (Lipinski definition) is 0. The first-order valence-corrected chi connectivity index (χ1v) is 28.7. The number of ether oxygens (including phenoxy) is 3. The fourth-order valence-corrected chi connectivity index (χ4v) is 7.77. The maximum Gasteiger partial charge on any atom is 0.306 e. The summed E-state index contributed by atoms with van der Waals surface area (Å²) < 4.78 is 16.8. The van der Waals surface area contributed by atoms with Gasteiger partial charge in [0.05, 0.1) is 0 Å². The Morgan fingerprint density at radius 1 is 0.304 bits per heavy atom. The third-order valence-electron chi connectivity index (χ3n) is 12.1. The molecule has 0 aromatic rings. The molecule has 394 valence electrons. The molecular weight excluding hydrogens is 853 g/mol. The molecule has 0 aliphatic carbocycles. The lowest BCUT2D eigenvalue weighted by Gasteiger charge is -2.18. The summed E-state index contributed by atoms with van der Waals surface area (Å²) >= 11 is 0. The molecule has 69 heavy (non-hydrogen) atoms. The van der Waals surface area contributed by atoms with Crippen LogP contribution in [0.2, 0.25) is 0 Å². The number of unbranched alkanes of at least 4 members (excludes halogenated alkanes) is 24. The number of allylic oxidation sites excluding steroid dienone is 16. The number of esters is 3. The van der Waals surface area contributed by atoms with Crippen LogP contribution < -0.4 is 0 Å². The van der Waals surface area contributed by atoms with E-state index in [1.54, 1.807) is 0 Å². The van der Waals surface area contributed by atoms with Crippen LogP contribution >= 0.6 is 0 Å². The first kappa shape index (κ1) is 65.3. The molecule has 0 amide bonds. The molecule has 0 aromatic carbocycles. The smallest absolute Gasteiger partial charge is 0.306 e. The van der Waals surface area contributed by atoms with E-state index in [4.69, 9.17) is 14.2 Å². The average molecular weight is 960 g/mol. The fourth-order valence-electron chi connectivity index (χ4n) is 7.77. The van der Waals surface area contributed by atoms with E-state index < -0.39 is 6.10 Å². The van der Waals surface area contributed by atoms with Crippen molar-refractivity contribution in [3.8, 4) is 0 Å². The first-order chi connectivity index (χ1) is 34.0. The van der Waals surface area contributed by atoms with Gasteiger partial charge in [-0.1, -0.05) is 240 Å². The fraction of sp³-hybridized carbons (Fsp3) is 0.698. The molecular formula is C63H106O6. The zero-order valence-corrected chi connectivity index (χ0v) is 45.0. The highest BCUT2D eigenvalue weighted by Crippen LogP contribution is 2.15. The Labute approximate surface area is 426 Å². The standard InChI is InChI=1S/C63H106O6/c1-4-7-10-13-16-19-22-25-27-29-31-33-35-38-41-44-47-50-53-56-62(65)68-59-60(58-67-61(64)55-52-49-46-43-40-37-24-21-18-15-12-9-6-3)69-63(66)57-54-51-48-45-42-39-36-34-32-30-28-26-23-20-17-14-11-8-5-2/h7,10,16-17,19-20,25-28,31-34,38,41,60H,4-6,8-9,11-15,18,21-24,29-30,35-37,39-40,42-59H2,1-3H3/b10-7-,19-16-,20-17-,27-25-,28-26-,33-31-,34-32-,41-38-. The van der Waals surface area contributed by atoms with Crippen LogP contribution in [0.5, 0.6) is 0 Å². The SMILES string of the molecule is CC/C=C\C/C=C\C/C=C\C/C=C\C/C=C\CCCCCC(=O)OCC(COC(=O)CCCCCCCCCCCCCCC)OC(=O)CCCCCCCC/C=C\C/C=C\C/C=C\CCCCC. The highest BCUT2D eigenvalue weighted by atomic mass is 16.6. The third kappa shape index (κ3) is 55.1. The number of rotatable bonds is 51. The van der Waals surface area contributed by atoms with Crippen molar-refractivity contribution in [3.05, 3.63) is 97.2 Å². The summed E-state index contributed by atoms with van der Waals surface area (Å²) in [6.45, 7) is 6.47. The topological polar surface area (TPSA) is 78.9 Å². The van der Waals surface area contributed by atoms with Crippen LogP contribution in [-0.2, 0) is 28.6 Å². The minimum Gasteiger partial charge on any atom is -0.462 e. The van der Waals surface area contributed by atoms with Gasteiger partial charge in [0, 0.05) is 19.3 Å². The maximum atomic E-state index is 12.9. The normalized spacial score (nSPS) is 12.8. The zero-order valence-electron chi connectivity index (χ0n) is 45.0. The van der Waals surface area contributed by atoms with Gasteiger partial charge in [0.1, 0.15) is 13.2 Å². The quantitative estimate of drug-likeness (QED) is 0.0262. The molecule has 0 heterocycles. The highest BCUT2D eigenvalue weighted by Gasteiger charge is 2.19. The van der Waals surface area contributed by atoms with Gasteiger partial charge in [-0.05, 0) is 103 Å². The minimum atomic E-state index is -0.798. The monoisotopic (exact) mass is 959 g/mol. The molecule has 0 saturated heterocycles. The molecule has 0 aliphatic rings. The Morgan fingerprint density at radius 2 is 0.565 bits per heavy atom. The predicted octanol–water partition coefficient (Wildman–Crippen LogP) is 19.3. The number of carbonyl (C=O) groups excluding carboxylic acids is 3. The van der Waals surface area contributed by atoms with Crippen molar-refractivity contribution in [2.45, 2.75) is 271 Å². The van der Waals surface area contributed by atoms with Crippen LogP contribution in [0.25, 0.3) is 0 Å². The van der Waals surface area contributed by atoms with E-state index in [2.05, 4.69) is 118 Å². The number of carbonyl (C=O) groups is 3. The largest absolute Gasteiger partial charge is 0.462 e. The van der Waals surface area contributed by atoms with Crippen molar-refractivity contribution in [3.63, 3.8) is 0 Å². The third-order valence-corrected chi connectivity index (χ3v) is 12.1. The molecule has 0 aliphatic heterocycles. The van der Waals surface area contributed by atoms with Gasteiger partial charge in [-0.25, -0.2) is 0 Å². The Hall–Kier alpha value is -3.67. The lowest BCUT2D eigenvalue weighted by Crippen LogP contribution is -2.30. The Balaban J connectivity index is 4.46. The van der Waals surface area contributed by atoms with Gasteiger partial charge < -0.3 is 14.2 Å². The Kier molecular flexibility index (Phi) is 53.9. The van der Waals surface area contributed by atoms with Crippen molar-refractivity contribution in [2.75, 3.05) is 13.2 Å². The van der Waals surface area contributed by atoms with E-state index in [-0.39, 0.29) is 31.1 Å². The van der Waals surface area contributed by atoms with Crippen LogP contribution in [0.4, 0.5) is 0 Å². The lowest BCUT2D eigenvalue weighted by molar-refractivity contribution is -0.167. The van der Waals surface area contributed by atoms with Crippen LogP contribution in [0.15, 0.2) is 97.2 Å². The summed E-state index contributed by atoms with van der Waals surface area (Å²) in [5.41, 5.74) is 0. The maximum absolute atomic E-state index is 12.9. The van der Waals surface area contributed by atoms with E-state index >= 15 is 0 Å². The molecule has 0 rings (SSSR count). The molecule has 0 bridgehead atoms. The summed E-state index contributed by atoms with van der Waals surface area (Å²) in [6.07, 6.45) is 75.3. The molecule has 0 N–H and O–H groups in total. The molecule has 0 radical (unpaired) electrons. The van der Waals surface area contributed by atoms with Crippen LogP contribution in [0.3, 0.4) is 0 Å². The van der Waals surface area contributed by atoms with Crippen molar-refractivity contribution in [1.82, 2.24) is 0 Å². The van der Waals surface area contributed by atoms with E-state index in [0.717, 1.165) is 122 Å². The average Bonchev–Trinajstić information content (AvgIpc) is 3.35. The second-order valence-corrected chi connectivity index (χ2v) is 18.8. The summed E-state index contributed by atoms with van der Waals surface area (Å²) in [7, 11) is 0. The first-order valence-electron chi connectivity index (χ1n) is 28.7. The minimum absolute atomic E-state index is 0.0924. The predicted molar refractivity (Wildman–Crippen MR) is 297 cm³/mol. The lowest BCUT2D eigenvalue weighted by atomic mass is 10.0. The van der Waals surface area contributed by atoms with Crippen LogP contribution in [0.1, 0.15) is 265 Å². The van der Waals surface area contributed by atoms with E-state index in [0.29, 0.717) is 19.3 Å². The molecule has 1 atom stereocenters. The molecule has 6 nitrogen and oxygen atoms in total. The van der Waals surface area contributed by atoms with Crippen molar-refractivity contribution >= 4 is 17.9 Å². The highest BCUT2D eigenvalue weighted by molar-refractivity contribution is 5.71. The van der Waals surface area contributed by atoms with E-state index in [1.807, 2.05) is 0 Å². The molecule has 6 heteroatoms. The summed E-state index contributed by atoms with van der Waals surface area (Å²) in [5, 5.41) is 0. The van der Waals surface area contributed by atoms with Gasteiger partial charge in [-0.2, -0.15) is 0 Å². The van der Waals surface area contributed by atoms with Gasteiger partial charge in [-0.15, -0.1) is 0 Å². The van der Waals surface area contributed by atoms with E-state index in [9.17, 15) is 14.4 Å². The molecule has 0 fully saturated rings. The van der Waals surface area contributed by atoms with Gasteiger partial charge in [0.2, 0.25) is 0 Å². The Bertz CT molecular complexity index is 1380. The second-order valence-electron chi connectivity index (χ2n) is 18.8. The van der Waals surface area contributed by atoms with E-state index in [1.165, 1.54) is 103 Å². The molecule has 1 unspecified atom stereocenters. The summed E-state index contributed by atoms with van der Waals surface area (Å²) in [6, 6.07) is 0. The number of hydrogen-bond acceptors (Lipinski definition) is 6. The van der Waals surface area contributed by atoms with Crippen molar-refractivity contribution < 1.29 is 28.6 Å². The van der Waals surface area contributed by atoms with Gasteiger partial charge in [0.25, 0.3) is 0 Å². The van der Waals surface area contributed by atoms with Gasteiger partial charge in [0.15, 0.2) is 6.10 Å². The molecule has 0 spiro atoms. The van der Waals surface area contributed by atoms with Gasteiger partial charge in [-0.3, -0.25) is 14.4 Å². The molecule has 0 aromatic heterocycles. The van der Waals surface area contributed by atoms with Crippen LogP contribution in [0, 0.1) is 0 Å². The summed E-state index contributed by atoms with van der Waals surface area (Å²) in [4.78, 5) is 38.2. The van der Waals surface area contributed by atoms with Gasteiger partial charge >= 0.3 is 17.9 Å². The Morgan fingerprint density at radius 3 is 0.928 bits per heavy atom.